The highest BCUT2D eigenvalue weighted by Gasteiger charge is 2.37. The van der Waals surface area contributed by atoms with Crippen LogP contribution in [-0.4, -0.2) is 43.0 Å². The molecule has 6 nitrogen and oxygen atoms in total. The van der Waals surface area contributed by atoms with E-state index in [2.05, 4.69) is 10.2 Å². The second-order valence-electron chi connectivity index (χ2n) is 6.24. The van der Waals surface area contributed by atoms with Crippen molar-refractivity contribution in [1.29, 1.82) is 0 Å². The van der Waals surface area contributed by atoms with Crippen molar-refractivity contribution in [3.63, 3.8) is 0 Å². The van der Waals surface area contributed by atoms with E-state index in [9.17, 15) is 18.0 Å². The van der Waals surface area contributed by atoms with Gasteiger partial charge in [-0.05, 0) is 31.7 Å². The maximum absolute atomic E-state index is 12.8. The zero-order chi connectivity index (χ0) is 18.0. The van der Waals surface area contributed by atoms with Crippen molar-refractivity contribution in [3.8, 4) is 0 Å². The number of piperidine rings is 1. The molecule has 25 heavy (non-hydrogen) atoms. The van der Waals surface area contributed by atoms with Gasteiger partial charge in [0.1, 0.15) is 5.69 Å². The first-order chi connectivity index (χ1) is 11.9. The second kappa shape index (κ2) is 6.89. The molecule has 0 bridgehead atoms. The quantitative estimate of drug-likeness (QED) is 0.847. The summed E-state index contributed by atoms with van der Waals surface area (Å²) in [4.78, 5) is 14.5. The first kappa shape index (κ1) is 17.5. The second-order valence-corrected chi connectivity index (χ2v) is 6.24. The van der Waals surface area contributed by atoms with Gasteiger partial charge in [0.2, 0.25) is 0 Å². The average Bonchev–Trinajstić information content (AvgIpc) is 3.21. The van der Waals surface area contributed by atoms with Crippen LogP contribution < -0.4 is 0 Å². The fourth-order valence-electron chi connectivity index (χ4n) is 3.24. The molecule has 1 atom stereocenters. The van der Waals surface area contributed by atoms with Crippen molar-refractivity contribution in [2.24, 2.45) is 7.05 Å². The highest BCUT2D eigenvalue weighted by atomic mass is 19.4. The van der Waals surface area contributed by atoms with Crippen LogP contribution in [0.15, 0.2) is 24.5 Å². The van der Waals surface area contributed by atoms with E-state index in [1.54, 1.807) is 15.8 Å². The summed E-state index contributed by atoms with van der Waals surface area (Å²) in [6, 6.07) is 2.66. The third-order valence-electron chi connectivity index (χ3n) is 4.53. The van der Waals surface area contributed by atoms with Crippen LogP contribution in [0.3, 0.4) is 0 Å². The standard InChI is InChI=1S/C16H20F3N5O/c1-22-13(11-14(21-22)16(17,18)19)15(25)24-9-3-2-5-12(24)6-10-23-8-4-7-20-23/h4,7-8,11-12H,2-3,5-6,9-10H2,1H3/t12-/m0/s1. The van der Waals surface area contributed by atoms with Crippen molar-refractivity contribution in [2.45, 2.75) is 44.4 Å². The zero-order valence-corrected chi connectivity index (χ0v) is 13.9. The van der Waals surface area contributed by atoms with E-state index < -0.39 is 17.8 Å². The number of alkyl halides is 3. The molecule has 2 aromatic rings. The highest BCUT2D eigenvalue weighted by Crippen LogP contribution is 2.29. The van der Waals surface area contributed by atoms with Crippen molar-refractivity contribution in [3.05, 3.63) is 35.9 Å². The van der Waals surface area contributed by atoms with E-state index in [1.807, 2.05) is 12.3 Å². The number of hydrogen-bond donors (Lipinski definition) is 0. The molecule has 0 saturated carbocycles. The number of nitrogens with zero attached hydrogens (tertiary/aromatic N) is 5. The molecule has 136 valence electrons. The Morgan fingerprint density at radius 1 is 1.36 bits per heavy atom. The summed E-state index contributed by atoms with van der Waals surface area (Å²) >= 11 is 0. The van der Waals surface area contributed by atoms with E-state index in [-0.39, 0.29) is 11.7 Å². The number of rotatable bonds is 4. The number of carbonyl (C=O) groups is 1. The van der Waals surface area contributed by atoms with Gasteiger partial charge in [0.25, 0.3) is 5.91 Å². The highest BCUT2D eigenvalue weighted by molar-refractivity contribution is 5.93. The summed E-state index contributed by atoms with van der Waals surface area (Å²) in [5.41, 5.74) is -1.07. The van der Waals surface area contributed by atoms with Crippen LogP contribution in [0.4, 0.5) is 13.2 Å². The van der Waals surface area contributed by atoms with Crippen molar-refractivity contribution < 1.29 is 18.0 Å². The van der Waals surface area contributed by atoms with Gasteiger partial charge in [0, 0.05) is 44.6 Å². The minimum Gasteiger partial charge on any atom is -0.334 e. The molecule has 3 rings (SSSR count). The molecule has 0 unspecified atom stereocenters. The van der Waals surface area contributed by atoms with Crippen LogP contribution in [-0.2, 0) is 19.8 Å². The summed E-state index contributed by atoms with van der Waals surface area (Å²) in [6.07, 6.45) is 2.41. The van der Waals surface area contributed by atoms with Gasteiger partial charge in [-0.2, -0.15) is 23.4 Å². The number of aryl methyl sites for hydroxylation is 2. The number of carbonyl (C=O) groups excluding carboxylic acids is 1. The molecular weight excluding hydrogens is 335 g/mol. The number of amides is 1. The molecule has 1 aliphatic rings. The van der Waals surface area contributed by atoms with Gasteiger partial charge in [0.05, 0.1) is 0 Å². The van der Waals surface area contributed by atoms with Crippen LogP contribution in [0.5, 0.6) is 0 Å². The van der Waals surface area contributed by atoms with Gasteiger partial charge in [-0.1, -0.05) is 0 Å². The Kier molecular flexibility index (Phi) is 4.82. The van der Waals surface area contributed by atoms with E-state index >= 15 is 0 Å². The summed E-state index contributed by atoms with van der Waals surface area (Å²) in [5.74, 6) is -0.393. The molecular formula is C16H20F3N5O. The molecule has 3 heterocycles. The molecule has 1 saturated heterocycles. The average molecular weight is 355 g/mol. The van der Waals surface area contributed by atoms with Gasteiger partial charge >= 0.3 is 6.18 Å². The fraction of sp³-hybridized carbons (Fsp3) is 0.562. The first-order valence-electron chi connectivity index (χ1n) is 8.26. The SMILES string of the molecule is Cn1nc(C(F)(F)F)cc1C(=O)N1CCCC[C@H]1CCn1cccn1. The minimum atomic E-state index is -4.56. The monoisotopic (exact) mass is 355 g/mol. The third kappa shape index (κ3) is 3.85. The maximum atomic E-state index is 12.8. The molecule has 0 aliphatic carbocycles. The maximum Gasteiger partial charge on any atom is 0.435 e. The number of aromatic nitrogens is 4. The van der Waals surface area contributed by atoms with Gasteiger partial charge in [-0.3, -0.25) is 14.2 Å². The van der Waals surface area contributed by atoms with Gasteiger partial charge in [-0.15, -0.1) is 0 Å². The van der Waals surface area contributed by atoms with Gasteiger partial charge in [-0.25, -0.2) is 0 Å². The lowest BCUT2D eigenvalue weighted by Crippen LogP contribution is -2.44. The van der Waals surface area contributed by atoms with Crippen LogP contribution >= 0.6 is 0 Å². The van der Waals surface area contributed by atoms with Crippen LogP contribution in [0.1, 0.15) is 41.9 Å². The molecule has 9 heteroatoms. The van der Waals surface area contributed by atoms with Crippen LogP contribution in [0.2, 0.25) is 0 Å². The zero-order valence-electron chi connectivity index (χ0n) is 13.9. The molecule has 0 N–H and O–H groups in total. The summed E-state index contributed by atoms with van der Waals surface area (Å²) in [7, 11) is 1.37. The lowest BCUT2D eigenvalue weighted by molar-refractivity contribution is -0.141. The summed E-state index contributed by atoms with van der Waals surface area (Å²) < 4.78 is 41.3. The Hall–Kier alpha value is -2.32. The third-order valence-corrected chi connectivity index (χ3v) is 4.53. The molecule has 0 spiro atoms. The summed E-state index contributed by atoms with van der Waals surface area (Å²) in [5, 5.41) is 7.59. The molecule has 0 radical (unpaired) electrons. The molecule has 0 aromatic carbocycles. The largest absolute Gasteiger partial charge is 0.435 e. The topological polar surface area (TPSA) is 56.0 Å². The predicted molar refractivity (Wildman–Crippen MR) is 83.7 cm³/mol. The van der Waals surface area contributed by atoms with Gasteiger partial charge < -0.3 is 4.90 Å². The van der Waals surface area contributed by atoms with Crippen molar-refractivity contribution >= 4 is 5.91 Å². The Morgan fingerprint density at radius 2 is 2.16 bits per heavy atom. The molecule has 1 aliphatic heterocycles. The number of hydrogen-bond acceptors (Lipinski definition) is 3. The van der Waals surface area contributed by atoms with E-state index in [1.165, 1.54) is 7.05 Å². The van der Waals surface area contributed by atoms with Crippen molar-refractivity contribution in [1.82, 2.24) is 24.5 Å². The molecule has 2 aromatic heterocycles. The van der Waals surface area contributed by atoms with E-state index in [0.717, 1.165) is 36.4 Å². The Balaban J connectivity index is 1.75. The smallest absolute Gasteiger partial charge is 0.334 e. The first-order valence-corrected chi connectivity index (χ1v) is 8.26. The van der Waals surface area contributed by atoms with E-state index in [0.29, 0.717) is 13.1 Å². The Morgan fingerprint density at radius 3 is 2.80 bits per heavy atom. The summed E-state index contributed by atoms with van der Waals surface area (Å²) in [6.45, 7) is 1.22. The number of likely N-dealkylation sites (tertiary alicyclic amines) is 1. The molecule has 1 amide bonds. The minimum absolute atomic E-state index is 0.00492. The van der Waals surface area contributed by atoms with Crippen LogP contribution in [0, 0.1) is 0 Å². The lowest BCUT2D eigenvalue weighted by atomic mass is 9.98. The lowest BCUT2D eigenvalue weighted by Gasteiger charge is -2.35. The fourth-order valence-corrected chi connectivity index (χ4v) is 3.24. The Labute approximate surface area is 143 Å². The number of halogens is 3. The van der Waals surface area contributed by atoms with Crippen LogP contribution in [0.25, 0.3) is 0 Å². The van der Waals surface area contributed by atoms with E-state index in [4.69, 9.17) is 0 Å². The predicted octanol–water partition coefficient (Wildman–Crippen LogP) is 2.72. The Bertz CT molecular complexity index is 723. The van der Waals surface area contributed by atoms with Crippen molar-refractivity contribution in [2.75, 3.05) is 6.54 Å². The van der Waals surface area contributed by atoms with Gasteiger partial charge in [0.15, 0.2) is 5.69 Å². The normalized spacial score (nSPS) is 18.6. The molecule has 1 fully saturated rings.